The van der Waals surface area contributed by atoms with Crippen molar-refractivity contribution in [1.29, 1.82) is 0 Å². The molecular formula is C8H12N2. The van der Waals surface area contributed by atoms with Crippen LogP contribution in [0.1, 0.15) is 13.3 Å². The van der Waals surface area contributed by atoms with Crippen LogP contribution in [-0.2, 0) is 0 Å². The van der Waals surface area contributed by atoms with Gasteiger partial charge in [0, 0.05) is 12.7 Å². The Kier molecular flexibility index (Phi) is 1.27. The molecule has 0 aliphatic carbocycles. The van der Waals surface area contributed by atoms with Crippen molar-refractivity contribution in [2.24, 2.45) is 0 Å². The Morgan fingerprint density at radius 2 is 2.50 bits per heavy atom. The maximum atomic E-state index is 3.36. The molecule has 2 aliphatic heterocycles. The molecule has 2 heteroatoms. The third-order valence-corrected chi connectivity index (χ3v) is 2.02. The van der Waals surface area contributed by atoms with Crippen LogP contribution in [0.25, 0.3) is 0 Å². The van der Waals surface area contributed by atoms with Crippen molar-refractivity contribution in [3.05, 3.63) is 23.4 Å². The number of hydrogen-bond donors (Lipinski definition) is 2. The first-order valence-corrected chi connectivity index (χ1v) is 3.73. The molecule has 2 heterocycles. The summed E-state index contributed by atoms with van der Waals surface area (Å²) in [7, 11) is 0. The topological polar surface area (TPSA) is 24.1 Å². The van der Waals surface area contributed by atoms with E-state index in [9.17, 15) is 0 Å². The molecule has 2 N–H and O–H groups in total. The largest absolute Gasteiger partial charge is 0.372 e. The van der Waals surface area contributed by atoms with Crippen molar-refractivity contribution < 1.29 is 0 Å². The second-order valence-corrected chi connectivity index (χ2v) is 2.91. The summed E-state index contributed by atoms with van der Waals surface area (Å²) in [6, 6.07) is 0. The van der Waals surface area contributed by atoms with Crippen LogP contribution < -0.4 is 10.6 Å². The Bertz CT molecular complexity index is 203. The third kappa shape index (κ3) is 0.847. The molecule has 2 nitrogen and oxygen atoms in total. The molecule has 54 valence electrons. The lowest BCUT2D eigenvalue weighted by Crippen LogP contribution is -2.36. The minimum absolute atomic E-state index is 0.434. The van der Waals surface area contributed by atoms with Gasteiger partial charge < -0.3 is 5.32 Å². The minimum Gasteiger partial charge on any atom is -0.372 e. The molecule has 0 saturated carbocycles. The van der Waals surface area contributed by atoms with E-state index in [0.717, 1.165) is 6.54 Å². The summed E-state index contributed by atoms with van der Waals surface area (Å²) in [4.78, 5) is 0. The van der Waals surface area contributed by atoms with E-state index in [1.807, 2.05) is 0 Å². The first-order valence-electron chi connectivity index (χ1n) is 3.73. The van der Waals surface area contributed by atoms with Gasteiger partial charge in [0.15, 0.2) is 0 Å². The molecule has 0 spiro atoms. The molecule has 1 saturated heterocycles. The van der Waals surface area contributed by atoms with E-state index >= 15 is 0 Å². The maximum Gasteiger partial charge on any atom is 0.0990 e. The van der Waals surface area contributed by atoms with Gasteiger partial charge in [-0.3, -0.25) is 5.32 Å². The molecule has 1 unspecified atom stereocenters. The Morgan fingerprint density at radius 1 is 1.60 bits per heavy atom. The summed E-state index contributed by atoms with van der Waals surface area (Å²) in [6.45, 7) is 3.24. The summed E-state index contributed by atoms with van der Waals surface area (Å²) in [5.74, 6) is 0. The number of allylic oxidation sites excluding steroid dienone is 2. The summed E-state index contributed by atoms with van der Waals surface area (Å²) >= 11 is 0. The number of nitrogens with one attached hydrogen (secondary N) is 2. The quantitative estimate of drug-likeness (QED) is 0.513. The van der Waals surface area contributed by atoms with Crippen molar-refractivity contribution in [3.63, 3.8) is 0 Å². The molecule has 2 rings (SSSR count). The zero-order valence-corrected chi connectivity index (χ0v) is 6.15. The predicted molar refractivity (Wildman–Crippen MR) is 41.4 cm³/mol. The lowest BCUT2D eigenvalue weighted by atomic mass is 10.1. The van der Waals surface area contributed by atoms with Gasteiger partial charge in [-0.2, -0.15) is 0 Å². The van der Waals surface area contributed by atoms with Crippen LogP contribution >= 0.6 is 0 Å². The van der Waals surface area contributed by atoms with E-state index < -0.39 is 0 Å². The van der Waals surface area contributed by atoms with Gasteiger partial charge in [0.2, 0.25) is 0 Å². The van der Waals surface area contributed by atoms with Crippen LogP contribution in [0, 0.1) is 0 Å². The first kappa shape index (κ1) is 5.98. The average molecular weight is 136 g/mol. The summed E-state index contributed by atoms with van der Waals surface area (Å²) in [5, 5.41) is 6.64. The van der Waals surface area contributed by atoms with Gasteiger partial charge in [0.25, 0.3) is 0 Å². The predicted octanol–water partition coefficient (Wildman–Crippen LogP) is 0.739. The highest BCUT2D eigenvalue weighted by atomic mass is 15.1. The Labute approximate surface area is 61.0 Å². The van der Waals surface area contributed by atoms with Crippen LogP contribution in [0.15, 0.2) is 23.4 Å². The average Bonchev–Trinajstić information content (AvgIpc) is 2.33. The van der Waals surface area contributed by atoms with Gasteiger partial charge in [-0.25, -0.2) is 0 Å². The molecule has 1 fully saturated rings. The lowest BCUT2D eigenvalue weighted by molar-refractivity contribution is 0.602. The lowest BCUT2D eigenvalue weighted by Gasteiger charge is -2.17. The molecule has 0 aromatic rings. The Hall–Kier alpha value is -0.760. The fraction of sp³-hybridized carbons (Fsp3) is 0.500. The molecule has 0 aromatic carbocycles. The van der Waals surface area contributed by atoms with Crippen molar-refractivity contribution in [1.82, 2.24) is 10.6 Å². The van der Waals surface area contributed by atoms with E-state index in [1.165, 1.54) is 17.6 Å². The van der Waals surface area contributed by atoms with Crippen molar-refractivity contribution in [2.75, 3.05) is 6.54 Å². The van der Waals surface area contributed by atoms with Gasteiger partial charge >= 0.3 is 0 Å². The molecular weight excluding hydrogens is 124 g/mol. The Balaban J connectivity index is 2.24. The molecule has 1 atom stereocenters. The van der Waals surface area contributed by atoms with Gasteiger partial charge in [0.05, 0.1) is 6.17 Å². The summed E-state index contributed by atoms with van der Waals surface area (Å²) in [5.41, 5.74) is 2.83. The van der Waals surface area contributed by atoms with Gasteiger partial charge in [-0.05, 0) is 24.5 Å². The molecule has 0 aromatic heterocycles. The normalized spacial score (nSPS) is 30.3. The highest BCUT2D eigenvalue weighted by Gasteiger charge is 2.20. The van der Waals surface area contributed by atoms with Crippen LogP contribution in [0.5, 0.6) is 0 Å². The molecule has 10 heavy (non-hydrogen) atoms. The van der Waals surface area contributed by atoms with E-state index in [-0.39, 0.29) is 0 Å². The van der Waals surface area contributed by atoms with Crippen molar-refractivity contribution >= 4 is 0 Å². The second kappa shape index (κ2) is 2.13. The van der Waals surface area contributed by atoms with Gasteiger partial charge in [0.1, 0.15) is 0 Å². The van der Waals surface area contributed by atoms with Crippen molar-refractivity contribution in [3.8, 4) is 0 Å². The third-order valence-electron chi connectivity index (χ3n) is 2.02. The smallest absolute Gasteiger partial charge is 0.0990 e. The number of hydrogen-bond acceptors (Lipinski definition) is 2. The van der Waals surface area contributed by atoms with Crippen LogP contribution in [0.2, 0.25) is 0 Å². The summed E-state index contributed by atoms with van der Waals surface area (Å²) in [6.07, 6.45) is 5.96. The second-order valence-electron chi connectivity index (χ2n) is 2.91. The molecule has 0 amide bonds. The van der Waals surface area contributed by atoms with Crippen LogP contribution in [-0.4, -0.2) is 12.7 Å². The van der Waals surface area contributed by atoms with E-state index in [1.54, 1.807) is 0 Å². The summed E-state index contributed by atoms with van der Waals surface area (Å²) < 4.78 is 0. The highest BCUT2D eigenvalue weighted by molar-refractivity contribution is 5.31. The first-order chi connectivity index (χ1) is 4.86. The van der Waals surface area contributed by atoms with E-state index in [4.69, 9.17) is 0 Å². The number of dihydropyridines is 1. The van der Waals surface area contributed by atoms with Crippen molar-refractivity contribution in [2.45, 2.75) is 19.5 Å². The van der Waals surface area contributed by atoms with Crippen LogP contribution in [0.4, 0.5) is 0 Å². The van der Waals surface area contributed by atoms with E-state index in [0.29, 0.717) is 6.17 Å². The minimum atomic E-state index is 0.434. The van der Waals surface area contributed by atoms with Gasteiger partial charge in [-0.15, -0.1) is 0 Å². The maximum absolute atomic E-state index is 3.36. The fourth-order valence-electron chi connectivity index (χ4n) is 1.51. The zero-order chi connectivity index (χ0) is 6.97. The number of fused-ring (bicyclic) bond motifs is 1. The molecule has 2 aliphatic rings. The van der Waals surface area contributed by atoms with Crippen LogP contribution in [0.3, 0.4) is 0 Å². The zero-order valence-electron chi connectivity index (χ0n) is 6.15. The van der Waals surface area contributed by atoms with E-state index in [2.05, 4.69) is 29.8 Å². The van der Waals surface area contributed by atoms with Gasteiger partial charge in [-0.1, -0.05) is 6.08 Å². The fourth-order valence-corrected chi connectivity index (χ4v) is 1.51. The standard InChI is InChI=1S/C8H12N2/c1-6-4-7-2-3-9-8(7)10-5-6/h4-5,8-10H,2-3H2,1H3. The SMILES string of the molecule is CC1=CNC2NCCC2=C1. The highest BCUT2D eigenvalue weighted by Crippen LogP contribution is 2.17. The Morgan fingerprint density at radius 3 is 3.40 bits per heavy atom. The molecule has 0 bridgehead atoms. The molecule has 0 radical (unpaired) electrons. The number of rotatable bonds is 0. The monoisotopic (exact) mass is 136 g/mol.